The summed E-state index contributed by atoms with van der Waals surface area (Å²) in [5.41, 5.74) is 0.310. The van der Waals surface area contributed by atoms with Crippen LogP contribution in [0.2, 0.25) is 0 Å². The van der Waals surface area contributed by atoms with Gasteiger partial charge in [-0.1, -0.05) is 0 Å². The van der Waals surface area contributed by atoms with Crippen LogP contribution in [0.5, 0.6) is 0 Å². The SMILES string of the molecule is COC(=O)C1=C(C(=O)OC)N(c2cc(F)ccc2Br)COC1. The molecule has 0 aromatic heterocycles. The number of rotatable bonds is 3. The largest absolute Gasteiger partial charge is 0.466 e. The average molecular weight is 374 g/mol. The molecule has 0 bridgehead atoms. The van der Waals surface area contributed by atoms with E-state index in [0.29, 0.717) is 10.2 Å². The summed E-state index contributed by atoms with van der Waals surface area (Å²) in [4.78, 5) is 25.3. The fourth-order valence-corrected chi connectivity index (χ4v) is 2.49. The third-order valence-corrected chi connectivity index (χ3v) is 3.70. The third-order valence-electron chi connectivity index (χ3n) is 3.03. The van der Waals surface area contributed by atoms with E-state index in [1.165, 1.54) is 37.3 Å². The highest BCUT2D eigenvalue weighted by Crippen LogP contribution is 2.33. The lowest BCUT2D eigenvalue weighted by Gasteiger charge is -2.31. The molecule has 0 radical (unpaired) electrons. The van der Waals surface area contributed by atoms with E-state index in [1.807, 2.05) is 0 Å². The zero-order chi connectivity index (χ0) is 16.3. The Bertz CT molecular complexity index is 646. The van der Waals surface area contributed by atoms with Crippen LogP contribution >= 0.6 is 15.9 Å². The first-order chi connectivity index (χ1) is 10.5. The van der Waals surface area contributed by atoms with Gasteiger partial charge in [-0.15, -0.1) is 0 Å². The number of hydrogen-bond acceptors (Lipinski definition) is 6. The Morgan fingerprint density at radius 1 is 1.27 bits per heavy atom. The fourth-order valence-electron chi connectivity index (χ4n) is 2.03. The molecule has 8 heteroatoms. The minimum atomic E-state index is -0.736. The highest BCUT2D eigenvalue weighted by Gasteiger charge is 2.33. The van der Waals surface area contributed by atoms with Crippen molar-refractivity contribution in [3.8, 4) is 0 Å². The first-order valence-electron chi connectivity index (χ1n) is 6.19. The molecule has 1 aromatic carbocycles. The zero-order valence-electron chi connectivity index (χ0n) is 11.9. The van der Waals surface area contributed by atoms with Crippen LogP contribution in [0.15, 0.2) is 33.9 Å². The summed E-state index contributed by atoms with van der Waals surface area (Å²) in [6.45, 7) is -0.131. The average Bonchev–Trinajstić information content (AvgIpc) is 2.54. The maximum absolute atomic E-state index is 13.5. The number of hydrogen-bond donors (Lipinski definition) is 0. The Morgan fingerprint density at radius 2 is 1.95 bits per heavy atom. The number of carbonyl (C=O) groups is 2. The van der Waals surface area contributed by atoms with Gasteiger partial charge in [-0.05, 0) is 34.1 Å². The summed E-state index contributed by atoms with van der Waals surface area (Å²) >= 11 is 3.28. The van der Waals surface area contributed by atoms with E-state index in [-0.39, 0.29) is 24.6 Å². The quantitative estimate of drug-likeness (QED) is 0.754. The summed E-state index contributed by atoms with van der Waals surface area (Å²) in [6.07, 6.45) is 0. The predicted molar refractivity (Wildman–Crippen MR) is 78.5 cm³/mol. The highest BCUT2D eigenvalue weighted by atomic mass is 79.9. The Kier molecular flexibility index (Phi) is 5.15. The van der Waals surface area contributed by atoms with Gasteiger partial charge >= 0.3 is 11.9 Å². The van der Waals surface area contributed by atoms with Gasteiger partial charge in [-0.2, -0.15) is 0 Å². The van der Waals surface area contributed by atoms with Crippen molar-refractivity contribution < 1.29 is 28.2 Å². The standard InChI is InChI=1S/C14H13BrFNO5/c1-20-13(18)9-6-22-7-17(12(9)14(19)21-2)11-5-8(16)3-4-10(11)15/h3-5H,6-7H2,1-2H3. The van der Waals surface area contributed by atoms with Crippen LogP contribution in [-0.2, 0) is 23.8 Å². The molecule has 0 saturated heterocycles. The Morgan fingerprint density at radius 3 is 2.59 bits per heavy atom. The number of halogens is 2. The van der Waals surface area contributed by atoms with Crippen molar-refractivity contribution in [2.24, 2.45) is 0 Å². The minimum absolute atomic E-state index is 0.0109. The molecule has 0 N–H and O–H groups in total. The third kappa shape index (κ3) is 3.12. The van der Waals surface area contributed by atoms with Crippen molar-refractivity contribution in [3.05, 3.63) is 39.8 Å². The highest BCUT2D eigenvalue weighted by molar-refractivity contribution is 9.10. The van der Waals surface area contributed by atoms with Crippen molar-refractivity contribution in [3.63, 3.8) is 0 Å². The molecule has 1 aliphatic rings. The molecule has 0 spiro atoms. The zero-order valence-corrected chi connectivity index (χ0v) is 13.5. The normalized spacial score (nSPS) is 14.8. The minimum Gasteiger partial charge on any atom is -0.466 e. The van der Waals surface area contributed by atoms with Gasteiger partial charge < -0.3 is 19.1 Å². The number of esters is 2. The van der Waals surface area contributed by atoms with Crippen molar-refractivity contribution in [2.45, 2.75) is 0 Å². The van der Waals surface area contributed by atoms with Gasteiger partial charge in [0.05, 0.1) is 32.1 Å². The van der Waals surface area contributed by atoms with Crippen molar-refractivity contribution in [2.75, 3.05) is 32.5 Å². The lowest BCUT2D eigenvalue weighted by Crippen LogP contribution is -2.39. The molecule has 0 amide bonds. The predicted octanol–water partition coefficient (Wildman–Crippen LogP) is 1.98. The summed E-state index contributed by atoms with van der Waals surface area (Å²) in [5, 5.41) is 0. The Balaban J connectivity index is 2.60. The molecular formula is C14H13BrFNO5. The maximum atomic E-state index is 13.5. The summed E-state index contributed by atoms with van der Waals surface area (Å²) < 4.78 is 28.7. The number of carbonyl (C=O) groups excluding carboxylic acids is 2. The molecular weight excluding hydrogens is 361 g/mol. The van der Waals surface area contributed by atoms with Gasteiger partial charge in [-0.3, -0.25) is 0 Å². The second-order valence-corrected chi connectivity index (χ2v) is 5.17. The van der Waals surface area contributed by atoms with E-state index in [0.717, 1.165) is 0 Å². The van der Waals surface area contributed by atoms with E-state index < -0.39 is 17.8 Å². The first-order valence-corrected chi connectivity index (χ1v) is 6.99. The van der Waals surface area contributed by atoms with E-state index in [2.05, 4.69) is 20.7 Å². The van der Waals surface area contributed by atoms with Crippen LogP contribution in [0.25, 0.3) is 0 Å². The molecule has 0 atom stereocenters. The molecule has 0 saturated carbocycles. The topological polar surface area (TPSA) is 65.1 Å². The van der Waals surface area contributed by atoms with Crippen LogP contribution in [0.4, 0.5) is 10.1 Å². The van der Waals surface area contributed by atoms with Crippen molar-refractivity contribution >= 4 is 33.6 Å². The number of benzene rings is 1. The lowest BCUT2D eigenvalue weighted by atomic mass is 10.1. The lowest BCUT2D eigenvalue weighted by molar-refractivity contribution is -0.140. The van der Waals surface area contributed by atoms with E-state index in [1.54, 1.807) is 0 Å². The van der Waals surface area contributed by atoms with Crippen LogP contribution in [0.3, 0.4) is 0 Å². The second kappa shape index (κ2) is 6.89. The molecule has 2 rings (SSSR count). The van der Waals surface area contributed by atoms with Crippen molar-refractivity contribution in [1.29, 1.82) is 0 Å². The number of methoxy groups -OCH3 is 2. The molecule has 1 heterocycles. The Labute approximate surface area is 134 Å². The molecule has 118 valence electrons. The van der Waals surface area contributed by atoms with Crippen LogP contribution in [0.1, 0.15) is 0 Å². The second-order valence-electron chi connectivity index (χ2n) is 4.31. The van der Waals surface area contributed by atoms with Gasteiger partial charge in [0.2, 0.25) is 0 Å². The summed E-state index contributed by atoms with van der Waals surface area (Å²) in [6, 6.07) is 3.98. The molecule has 1 aromatic rings. The van der Waals surface area contributed by atoms with Crippen LogP contribution < -0.4 is 4.90 Å². The van der Waals surface area contributed by atoms with Gasteiger partial charge in [0.15, 0.2) is 0 Å². The maximum Gasteiger partial charge on any atom is 0.355 e. The van der Waals surface area contributed by atoms with Crippen LogP contribution in [-0.4, -0.2) is 39.5 Å². The van der Waals surface area contributed by atoms with E-state index in [4.69, 9.17) is 9.47 Å². The molecule has 0 aliphatic carbocycles. The first kappa shape index (κ1) is 16.4. The van der Waals surface area contributed by atoms with E-state index >= 15 is 0 Å². The molecule has 0 unspecified atom stereocenters. The summed E-state index contributed by atoms with van der Waals surface area (Å²) in [7, 11) is 2.39. The number of anilines is 1. The molecule has 6 nitrogen and oxygen atoms in total. The summed E-state index contributed by atoms with van der Waals surface area (Å²) in [5.74, 6) is -1.94. The monoisotopic (exact) mass is 373 g/mol. The smallest absolute Gasteiger partial charge is 0.355 e. The van der Waals surface area contributed by atoms with Crippen molar-refractivity contribution in [1.82, 2.24) is 0 Å². The van der Waals surface area contributed by atoms with Gasteiger partial charge in [0.25, 0.3) is 0 Å². The van der Waals surface area contributed by atoms with Gasteiger partial charge in [-0.25, -0.2) is 14.0 Å². The molecule has 1 aliphatic heterocycles. The van der Waals surface area contributed by atoms with Gasteiger partial charge in [0, 0.05) is 4.47 Å². The fraction of sp³-hybridized carbons (Fsp3) is 0.286. The Hall–Kier alpha value is -1.93. The molecule has 0 fully saturated rings. The number of nitrogens with zero attached hydrogens (tertiary/aromatic N) is 1. The van der Waals surface area contributed by atoms with Gasteiger partial charge in [0.1, 0.15) is 18.2 Å². The number of ether oxygens (including phenoxy) is 3. The molecule has 22 heavy (non-hydrogen) atoms. The van der Waals surface area contributed by atoms with Crippen LogP contribution in [0, 0.1) is 5.82 Å². The van der Waals surface area contributed by atoms with E-state index in [9.17, 15) is 14.0 Å².